The van der Waals surface area contributed by atoms with Gasteiger partial charge in [0.15, 0.2) is 5.82 Å². The van der Waals surface area contributed by atoms with E-state index in [1.807, 2.05) is 0 Å². The average molecular weight is 394 g/mol. The van der Waals surface area contributed by atoms with Gasteiger partial charge in [-0.05, 0) is 57.5 Å². The van der Waals surface area contributed by atoms with Crippen LogP contribution < -0.4 is 5.32 Å². The molecule has 0 spiro atoms. The van der Waals surface area contributed by atoms with Crippen molar-refractivity contribution in [2.75, 3.05) is 25.0 Å². The number of carbonyl (C=O) groups is 1. The molecule has 0 aliphatic carbocycles. The number of rotatable bonds is 6. The highest BCUT2D eigenvalue weighted by Crippen LogP contribution is 2.36. The topological polar surface area (TPSA) is 61.0 Å². The molecule has 1 fully saturated rings. The van der Waals surface area contributed by atoms with E-state index in [9.17, 15) is 18.0 Å². The van der Waals surface area contributed by atoms with Crippen LogP contribution in [0.5, 0.6) is 0 Å². The van der Waals surface area contributed by atoms with Gasteiger partial charge in [0.1, 0.15) is 0 Å². The highest BCUT2D eigenvalue weighted by atomic mass is 19.4. The Hall–Kier alpha value is -2.35. The summed E-state index contributed by atoms with van der Waals surface area (Å²) in [4.78, 5) is 14.5. The Morgan fingerprint density at radius 2 is 2.00 bits per heavy atom. The maximum atomic E-state index is 13.1. The maximum Gasteiger partial charge on any atom is 0.416 e. The van der Waals surface area contributed by atoms with Crippen LogP contribution in [0.1, 0.15) is 43.2 Å². The second kappa shape index (κ2) is 8.77. The Bertz CT molecular complexity index is 810. The van der Waals surface area contributed by atoms with E-state index < -0.39 is 11.7 Å². The molecule has 3 rings (SSSR count). The van der Waals surface area contributed by atoms with Crippen molar-refractivity contribution in [3.8, 4) is 11.3 Å². The lowest BCUT2D eigenvalue weighted by atomic mass is 10.00. The van der Waals surface area contributed by atoms with E-state index >= 15 is 0 Å². The molecule has 152 valence electrons. The summed E-state index contributed by atoms with van der Waals surface area (Å²) >= 11 is 0. The fourth-order valence-electron chi connectivity index (χ4n) is 3.61. The number of nitrogens with one attached hydrogen (secondary N) is 2. The molecule has 2 heterocycles. The number of aromatic nitrogens is 2. The van der Waals surface area contributed by atoms with Gasteiger partial charge >= 0.3 is 6.18 Å². The predicted octanol–water partition coefficient (Wildman–Crippen LogP) is 4.61. The first-order valence-corrected chi connectivity index (χ1v) is 9.59. The van der Waals surface area contributed by atoms with Gasteiger partial charge in [-0.2, -0.15) is 18.3 Å². The van der Waals surface area contributed by atoms with Crippen molar-refractivity contribution in [2.45, 2.75) is 45.2 Å². The van der Waals surface area contributed by atoms with Gasteiger partial charge in [0.2, 0.25) is 5.91 Å². The van der Waals surface area contributed by atoms with Crippen LogP contribution in [-0.4, -0.2) is 40.6 Å². The number of H-pyrrole nitrogens is 1. The third-order valence-corrected chi connectivity index (χ3v) is 5.10. The average Bonchev–Trinajstić information content (AvgIpc) is 3.10. The van der Waals surface area contributed by atoms with Crippen LogP contribution in [0.4, 0.5) is 19.0 Å². The Morgan fingerprint density at radius 3 is 2.71 bits per heavy atom. The zero-order chi connectivity index (χ0) is 20.1. The van der Waals surface area contributed by atoms with Gasteiger partial charge in [0, 0.05) is 18.1 Å². The second-order valence-corrected chi connectivity index (χ2v) is 7.20. The summed E-state index contributed by atoms with van der Waals surface area (Å²) < 4.78 is 39.3. The summed E-state index contributed by atoms with van der Waals surface area (Å²) in [6.07, 6.45) is 0.473. The number of hydrogen-bond donors (Lipinski definition) is 2. The van der Waals surface area contributed by atoms with E-state index in [1.54, 1.807) is 12.1 Å². The molecular weight excluding hydrogens is 369 g/mol. The Balaban J connectivity index is 1.57. The van der Waals surface area contributed by atoms with Crippen molar-refractivity contribution in [1.29, 1.82) is 0 Å². The van der Waals surface area contributed by atoms with Gasteiger partial charge in [-0.15, -0.1) is 0 Å². The predicted molar refractivity (Wildman–Crippen MR) is 102 cm³/mol. The summed E-state index contributed by atoms with van der Waals surface area (Å²) in [5.41, 5.74) is 0.293. The van der Waals surface area contributed by atoms with E-state index in [-0.39, 0.29) is 11.5 Å². The van der Waals surface area contributed by atoms with Crippen LogP contribution >= 0.6 is 0 Å². The summed E-state index contributed by atoms with van der Waals surface area (Å²) in [5, 5.41) is 9.44. The quantitative estimate of drug-likeness (QED) is 0.752. The molecule has 1 aliphatic heterocycles. The first-order chi connectivity index (χ1) is 13.3. The van der Waals surface area contributed by atoms with Crippen LogP contribution in [0.15, 0.2) is 24.3 Å². The molecule has 1 aromatic heterocycles. The van der Waals surface area contributed by atoms with Crippen LogP contribution in [0.2, 0.25) is 0 Å². The van der Waals surface area contributed by atoms with Crippen LogP contribution in [0, 0.1) is 6.92 Å². The van der Waals surface area contributed by atoms with Crippen molar-refractivity contribution in [2.24, 2.45) is 0 Å². The van der Waals surface area contributed by atoms with Crippen molar-refractivity contribution in [3.63, 3.8) is 0 Å². The third-order valence-electron chi connectivity index (χ3n) is 5.10. The van der Waals surface area contributed by atoms with E-state index in [4.69, 9.17) is 0 Å². The molecule has 1 aromatic carbocycles. The van der Waals surface area contributed by atoms with Gasteiger partial charge in [0.05, 0.1) is 11.3 Å². The number of nitrogens with zero attached hydrogens (tertiary/aromatic N) is 2. The number of benzene rings is 1. The largest absolute Gasteiger partial charge is 0.416 e. The Labute approximate surface area is 162 Å². The number of hydrogen-bond acceptors (Lipinski definition) is 3. The van der Waals surface area contributed by atoms with Gasteiger partial charge in [-0.1, -0.05) is 18.6 Å². The minimum absolute atomic E-state index is 0.123. The molecule has 0 bridgehead atoms. The SMILES string of the molecule is Cc1c(-c2cc(NC(=O)CCCN3CCCCC3)n[nH]2)cccc1C(F)(F)F. The molecule has 5 nitrogen and oxygen atoms in total. The van der Waals surface area contributed by atoms with Gasteiger partial charge in [-0.25, -0.2) is 0 Å². The highest BCUT2D eigenvalue weighted by molar-refractivity contribution is 5.90. The minimum Gasteiger partial charge on any atom is -0.309 e. The standard InChI is InChI=1S/C20H25F3N4O/c1-14-15(7-5-8-16(14)20(21,22)23)17-13-18(26-25-17)24-19(28)9-6-12-27-10-3-2-4-11-27/h5,7-8,13H,2-4,6,9-12H2,1H3,(H2,24,25,26,28). The van der Waals surface area contributed by atoms with E-state index in [1.165, 1.54) is 32.3 Å². The lowest BCUT2D eigenvalue weighted by Gasteiger charge is -2.26. The number of amides is 1. The lowest BCUT2D eigenvalue weighted by molar-refractivity contribution is -0.138. The molecular formula is C20H25F3N4O. The van der Waals surface area contributed by atoms with E-state index in [0.29, 0.717) is 23.5 Å². The van der Waals surface area contributed by atoms with Crippen molar-refractivity contribution < 1.29 is 18.0 Å². The van der Waals surface area contributed by atoms with Crippen molar-refractivity contribution >= 4 is 11.7 Å². The lowest BCUT2D eigenvalue weighted by Crippen LogP contribution is -2.31. The number of carbonyl (C=O) groups excluding carboxylic acids is 1. The molecule has 1 amide bonds. The number of halogens is 3. The maximum absolute atomic E-state index is 13.1. The molecule has 0 saturated carbocycles. The Morgan fingerprint density at radius 1 is 1.25 bits per heavy atom. The molecule has 2 aromatic rings. The van der Waals surface area contributed by atoms with Gasteiger partial charge in [-0.3, -0.25) is 9.89 Å². The fraction of sp³-hybridized carbons (Fsp3) is 0.500. The highest BCUT2D eigenvalue weighted by Gasteiger charge is 2.33. The van der Waals surface area contributed by atoms with Gasteiger partial charge < -0.3 is 10.2 Å². The minimum atomic E-state index is -4.41. The van der Waals surface area contributed by atoms with E-state index in [2.05, 4.69) is 20.4 Å². The monoisotopic (exact) mass is 394 g/mol. The number of likely N-dealkylation sites (tertiary alicyclic amines) is 1. The van der Waals surface area contributed by atoms with Crippen LogP contribution in [0.3, 0.4) is 0 Å². The molecule has 1 saturated heterocycles. The van der Waals surface area contributed by atoms with Gasteiger partial charge in [0.25, 0.3) is 0 Å². The zero-order valence-electron chi connectivity index (χ0n) is 15.9. The number of piperidine rings is 1. The number of aromatic amines is 1. The molecule has 28 heavy (non-hydrogen) atoms. The molecule has 2 N–H and O–H groups in total. The summed E-state index contributed by atoms with van der Waals surface area (Å²) in [7, 11) is 0. The fourth-order valence-corrected chi connectivity index (χ4v) is 3.61. The smallest absolute Gasteiger partial charge is 0.309 e. The van der Waals surface area contributed by atoms with Crippen molar-refractivity contribution in [3.05, 3.63) is 35.4 Å². The first kappa shape index (κ1) is 20.4. The molecule has 1 aliphatic rings. The number of anilines is 1. The van der Waals surface area contributed by atoms with Crippen LogP contribution in [-0.2, 0) is 11.0 Å². The molecule has 8 heteroatoms. The summed E-state index contributed by atoms with van der Waals surface area (Å²) in [6.45, 7) is 4.53. The third kappa shape index (κ3) is 5.13. The second-order valence-electron chi connectivity index (χ2n) is 7.20. The summed E-state index contributed by atoms with van der Waals surface area (Å²) in [6, 6.07) is 5.58. The van der Waals surface area contributed by atoms with Crippen molar-refractivity contribution in [1.82, 2.24) is 15.1 Å². The van der Waals surface area contributed by atoms with Crippen LogP contribution in [0.25, 0.3) is 11.3 Å². The normalized spacial score (nSPS) is 15.6. The first-order valence-electron chi connectivity index (χ1n) is 9.59. The Kier molecular flexibility index (Phi) is 6.39. The molecule has 0 unspecified atom stereocenters. The molecule has 0 radical (unpaired) electrons. The van der Waals surface area contributed by atoms with E-state index in [0.717, 1.165) is 32.1 Å². The molecule has 0 atom stereocenters. The zero-order valence-corrected chi connectivity index (χ0v) is 15.9. The number of alkyl halides is 3. The summed E-state index contributed by atoms with van der Waals surface area (Å²) in [5.74, 6) is 0.172.